The van der Waals surface area contributed by atoms with Gasteiger partial charge in [0, 0.05) is 79.4 Å². The lowest BCUT2D eigenvalue weighted by molar-refractivity contribution is -0.136. The van der Waals surface area contributed by atoms with Gasteiger partial charge in [-0.1, -0.05) is 18.2 Å². The molecule has 13 heteroatoms. The molecule has 10 nitrogen and oxygen atoms in total. The van der Waals surface area contributed by atoms with Gasteiger partial charge in [-0.15, -0.1) is 0 Å². The number of carboxylic acids is 1. The molecular weight excluding hydrogens is 649 g/mol. The Kier molecular flexibility index (Phi) is 9.89. The van der Waals surface area contributed by atoms with Gasteiger partial charge in [0.1, 0.15) is 28.8 Å². The van der Waals surface area contributed by atoms with Gasteiger partial charge in [-0.25, -0.2) is 24.0 Å². The number of aryl methyl sites for hydroxylation is 1. The van der Waals surface area contributed by atoms with E-state index in [-0.39, 0.29) is 54.4 Å². The molecule has 0 fully saturated rings. The van der Waals surface area contributed by atoms with Gasteiger partial charge in [0.05, 0.1) is 11.3 Å². The number of halogens is 3. The first-order valence-corrected chi connectivity index (χ1v) is 16.3. The predicted octanol–water partition coefficient (Wildman–Crippen LogP) is 7.24. The maximum absolute atomic E-state index is 16.0. The van der Waals surface area contributed by atoms with Crippen molar-refractivity contribution in [3.63, 3.8) is 0 Å². The summed E-state index contributed by atoms with van der Waals surface area (Å²) in [6, 6.07) is 12.1. The number of aliphatic carboxylic acids is 1. The maximum Gasteiger partial charge on any atom is 0.303 e. The van der Waals surface area contributed by atoms with E-state index in [9.17, 15) is 9.90 Å². The Morgan fingerprint density at radius 1 is 1.14 bits per heavy atom. The van der Waals surface area contributed by atoms with E-state index >= 15 is 13.2 Å². The molecule has 0 spiro atoms. The van der Waals surface area contributed by atoms with Gasteiger partial charge in [0.15, 0.2) is 11.6 Å². The minimum atomic E-state index is -1.02. The number of hydrogen-bond acceptors (Lipinski definition) is 7. The number of nitrogens with zero attached hydrogens (tertiary/aromatic N) is 2. The van der Waals surface area contributed by atoms with Crippen molar-refractivity contribution in [2.45, 2.75) is 57.6 Å². The van der Waals surface area contributed by atoms with E-state index < -0.39 is 34.9 Å². The average molecular weight is 689 g/mol. The molecule has 0 radical (unpaired) electrons. The van der Waals surface area contributed by atoms with Crippen LogP contribution >= 0.6 is 0 Å². The Bertz CT molecular complexity index is 2050. The van der Waals surface area contributed by atoms with Gasteiger partial charge in [-0.05, 0) is 68.5 Å². The van der Waals surface area contributed by atoms with Gasteiger partial charge in [0.2, 0.25) is 0 Å². The van der Waals surface area contributed by atoms with Gasteiger partial charge < -0.3 is 34.9 Å². The SMILES string of the molecule is CN(N)/C1=C\NCc2c(c(F)cc3[nH]ccc23)Oc2ccc(F)c(c2)-c2ncc([nH]2)C(c2cccc(CCC(=O)O)c2F)CCCOC1(C)C. The number of aromatic amines is 2. The number of imidazole rings is 1. The van der Waals surface area contributed by atoms with E-state index in [4.69, 9.17) is 15.3 Å². The number of fused-ring (bicyclic) bond motifs is 8. The van der Waals surface area contributed by atoms with Crippen molar-refractivity contribution in [2.75, 3.05) is 13.7 Å². The molecule has 1 atom stereocenters. The highest BCUT2D eigenvalue weighted by atomic mass is 19.1. The summed E-state index contributed by atoms with van der Waals surface area (Å²) in [4.78, 5) is 21.9. The topological polar surface area (TPSA) is 142 Å². The number of nitrogens with one attached hydrogen (secondary N) is 3. The van der Waals surface area contributed by atoms with E-state index in [1.165, 1.54) is 35.5 Å². The first-order chi connectivity index (χ1) is 23.9. The summed E-state index contributed by atoms with van der Waals surface area (Å²) < 4.78 is 59.5. The fourth-order valence-electron chi connectivity index (χ4n) is 6.45. The van der Waals surface area contributed by atoms with Gasteiger partial charge >= 0.3 is 5.97 Å². The third-order valence-corrected chi connectivity index (χ3v) is 8.96. The number of hydrogen-bond donors (Lipinski definition) is 5. The molecule has 1 unspecified atom stereocenters. The Hall–Kier alpha value is -5.27. The lowest BCUT2D eigenvalue weighted by atomic mass is 9.89. The molecule has 1 aliphatic heterocycles. The van der Waals surface area contributed by atoms with Crippen molar-refractivity contribution in [3.05, 3.63) is 113 Å². The second-order valence-corrected chi connectivity index (χ2v) is 12.8. The minimum absolute atomic E-state index is 0.0281. The smallest absolute Gasteiger partial charge is 0.303 e. The second-order valence-electron chi connectivity index (χ2n) is 12.8. The number of likely N-dealkylation sites (N-methyl/N-ethyl adjacent to an activating group) is 1. The number of carboxylic acid groups (broad SMARTS) is 1. The van der Waals surface area contributed by atoms with Crippen LogP contribution in [0, 0.1) is 17.5 Å². The third-order valence-electron chi connectivity index (χ3n) is 8.96. The summed E-state index contributed by atoms with van der Waals surface area (Å²) in [5.41, 5.74) is 2.06. The number of nitrogens with two attached hydrogens (primary N) is 1. The summed E-state index contributed by atoms with van der Waals surface area (Å²) in [6.07, 6.45) is 5.67. The quantitative estimate of drug-likeness (QED) is 0.0962. The van der Waals surface area contributed by atoms with Crippen molar-refractivity contribution in [1.82, 2.24) is 25.3 Å². The fourth-order valence-corrected chi connectivity index (χ4v) is 6.45. The van der Waals surface area contributed by atoms with E-state index in [1.54, 1.807) is 37.6 Å². The van der Waals surface area contributed by atoms with Crippen molar-refractivity contribution >= 4 is 16.9 Å². The molecule has 4 bridgehead atoms. The molecule has 2 aromatic heterocycles. The largest absolute Gasteiger partial charge is 0.481 e. The molecule has 3 heterocycles. The molecule has 0 amide bonds. The summed E-state index contributed by atoms with van der Waals surface area (Å²) in [5, 5.41) is 14.6. The molecule has 50 heavy (non-hydrogen) atoms. The van der Waals surface area contributed by atoms with Crippen LogP contribution in [0.5, 0.6) is 11.5 Å². The Morgan fingerprint density at radius 2 is 1.96 bits per heavy atom. The summed E-state index contributed by atoms with van der Waals surface area (Å²) in [6.45, 7) is 4.18. The lowest BCUT2D eigenvalue weighted by Crippen LogP contribution is -2.41. The highest BCUT2D eigenvalue weighted by Crippen LogP contribution is 2.38. The number of H-pyrrole nitrogens is 2. The number of aromatic nitrogens is 3. The molecule has 0 aliphatic carbocycles. The zero-order valence-electron chi connectivity index (χ0n) is 27.9. The van der Waals surface area contributed by atoms with Gasteiger partial charge in [-0.3, -0.25) is 4.79 Å². The van der Waals surface area contributed by atoms with E-state index in [1.807, 2.05) is 19.9 Å². The first-order valence-electron chi connectivity index (χ1n) is 16.3. The third kappa shape index (κ3) is 7.19. The normalized spacial score (nSPS) is 17.7. The molecular formula is C37H39F3N6O4. The minimum Gasteiger partial charge on any atom is -0.481 e. The van der Waals surface area contributed by atoms with E-state index in [2.05, 4.69) is 20.3 Å². The van der Waals surface area contributed by atoms with Crippen LogP contribution in [0.3, 0.4) is 0 Å². The molecule has 5 aromatic rings. The van der Waals surface area contributed by atoms with E-state index in [0.29, 0.717) is 40.9 Å². The van der Waals surface area contributed by atoms with Crippen LogP contribution in [0.15, 0.2) is 72.8 Å². The highest BCUT2D eigenvalue weighted by molar-refractivity contribution is 5.85. The fraction of sp³-hybridized carbons (Fsp3) is 0.297. The summed E-state index contributed by atoms with van der Waals surface area (Å²) >= 11 is 0. The van der Waals surface area contributed by atoms with Gasteiger partial charge in [0.25, 0.3) is 0 Å². The van der Waals surface area contributed by atoms with Crippen LogP contribution < -0.4 is 15.9 Å². The predicted molar refractivity (Wildman–Crippen MR) is 183 cm³/mol. The maximum atomic E-state index is 16.0. The van der Waals surface area contributed by atoms with Crippen LogP contribution in [-0.2, 0) is 22.5 Å². The molecule has 0 saturated heterocycles. The Morgan fingerprint density at radius 3 is 2.74 bits per heavy atom. The van der Waals surface area contributed by atoms with Crippen LogP contribution in [0.2, 0.25) is 0 Å². The number of hydrazine groups is 1. The summed E-state index contributed by atoms with van der Waals surface area (Å²) in [5.74, 6) is 3.26. The second kappa shape index (κ2) is 14.3. The van der Waals surface area contributed by atoms with Crippen LogP contribution in [-0.4, -0.2) is 50.3 Å². The standard InChI is InChI=1S/C37H39F3N6O4/c1-37(2)32(46(3)41)20-42-18-27-24-13-14-43-30(24)17-29(39)35(27)50-22-10-11-28(38)26(16-22)36-44-19-31(45-36)23(8-5-15-49-37)25-7-4-6-21(34(25)40)9-12-33(47)48/h4,6-7,10-11,13-14,16-17,19-20,23,42-43H,5,8-9,12,15,18,41H2,1-3H3,(H,44,45)(H,47,48)/b32-20-. The molecule has 1 aliphatic rings. The van der Waals surface area contributed by atoms with Crippen molar-refractivity contribution in [2.24, 2.45) is 5.84 Å². The number of carbonyl (C=O) groups is 1. The number of benzene rings is 3. The Labute approximate surface area is 287 Å². The summed E-state index contributed by atoms with van der Waals surface area (Å²) in [7, 11) is 1.69. The number of ether oxygens (including phenoxy) is 2. The average Bonchev–Trinajstić information content (AvgIpc) is 3.74. The lowest BCUT2D eigenvalue weighted by Gasteiger charge is -2.33. The van der Waals surface area contributed by atoms with E-state index in [0.717, 1.165) is 5.39 Å². The monoisotopic (exact) mass is 688 g/mol. The number of rotatable bonds is 5. The van der Waals surface area contributed by atoms with Gasteiger partial charge in [-0.2, -0.15) is 0 Å². The molecule has 262 valence electrons. The zero-order valence-corrected chi connectivity index (χ0v) is 27.9. The molecule has 6 N–H and O–H groups in total. The van der Waals surface area contributed by atoms with Crippen molar-refractivity contribution < 1.29 is 32.5 Å². The molecule has 0 saturated carbocycles. The first kappa shape index (κ1) is 34.6. The van der Waals surface area contributed by atoms with Crippen LogP contribution in [0.1, 0.15) is 61.4 Å². The van der Waals surface area contributed by atoms with Crippen molar-refractivity contribution in [1.29, 1.82) is 0 Å². The Balaban J connectivity index is 1.46. The highest BCUT2D eigenvalue weighted by Gasteiger charge is 2.28. The molecule has 3 aromatic carbocycles. The molecule has 6 rings (SSSR count). The van der Waals surface area contributed by atoms with Crippen LogP contribution in [0.25, 0.3) is 22.3 Å². The zero-order chi connectivity index (χ0) is 35.6. The van der Waals surface area contributed by atoms with Crippen molar-refractivity contribution in [3.8, 4) is 22.9 Å². The van der Waals surface area contributed by atoms with Crippen LogP contribution in [0.4, 0.5) is 13.2 Å².